The number of anilines is 1. The Bertz CT molecular complexity index is 1030. The number of carbonyl (C=O) groups is 2. The Balaban J connectivity index is 1.63. The van der Waals surface area contributed by atoms with Gasteiger partial charge in [-0.25, -0.2) is 4.98 Å². The molecule has 5 nitrogen and oxygen atoms in total. The van der Waals surface area contributed by atoms with Gasteiger partial charge in [0.05, 0.1) is 6.54 Å². The molecule has 0 saturated carbocycles. The van der Waals surface area contributed by atoms with Crippen LogP contribution in [-0.2, 0) is 16.0 Å². The van der Waals surface area contributed by atoms with Crippen molar-refractivity contribution in [2.75, 3.05) is 11.4 Å². The van der Waals surface area contributed by atoms with Crippen LogP contribution in [0.1, 0.15) is 18.9 Å². The quantitative estimate of drug-likeness (QED) is 0.663. The number of ketones is 1. The summed E-state index contributed by atoms with van der Waals surface area (Å²) < 4.78 is 6.18. The number of nitrogens with zero attached hydrogens (tertiary/aromatic N) is 2. The van der Waals surface area contributed by atoms with E-state index in [2.05, 4.69) is 4.98 Å². The summed E-state index contributed by atoms with van der Waals surface area (Å²) in [5, 5.41) is 0. The van der Waals surface area contributed by atoms with Gasteiger partial charge in [0.25, 0.3) is 5.91 Å². The highest BCUT2D eigenvalue weighted by Crippen LogP contribution is 2.31. The summed E-state index contributed by atoms with van der Waals surface area (Å²) in [5.74, 6) is 0.945. The van der Waals surface area contributed by atoms with E-state index in [1.54, 1.807) is 12.3 Å². The minimum atomic E-state index is -0.708. The number of Topliss-reactive ketones (excluding diaryl/α,β-unsaturated/α-hetero) is 1. The maximum Gasteiger partial charge on any atom is 0.269 e. The average Bonchev–Trinajstić information content (AvgIpc) is 2.77. The van der Waals surface area contributed by atoms with Crippen LogP contribution in [-0.4, -0.2) is 29.3 Å². The molecule has 0 spiro atoms. The summed E-state index contributed by atoms with van der Waals surface area (Å²) in [4.78, 5) is 31.3. The molecule has 2 aromatic carbocycles. The molecule has 3 aromatic rings. The van der Waals surface area contributed by atoms with Gasteiger partial charge in [-0.3, -0.25) is 14.5 Å². The van der Waals surface area contributed by atoms with Crippen LogP contribution in [0, 0.1) is 0 Å². The fourth-order valence-corrected chi connectivity index (χ4v) is 3.57. The number of rotatable bonds is 5. The summed E-state index contributed by atoms with van der Waals surface area (Å²) in [5.41, 5.74) is 2.72. The Kier molecular flexibility index (Phi) is 5.38. The number of amides is 1. The van der Waals surface area contributed by atoms with E-state index in [4.69, 9.17) is 4.74 Å². The highest BCUT2D eigenvalue weighted by Gasteiger charge is 2.33. The first kappa shape index (κ1) is 18.9. The fraction of sp³-hybridized carbons (Fsp3) is 0.208. The molecule has 1 aromatic heterocycles. The smallest absolute Gasteiger partial charge is 0.269 e. The number of aromatic nitrogens is 1. The number of para-hydroxylation sites is 1. The van der Waals surface area contributed by atoms with Gasteiger partial charge in [-0.05, 0) is 24.1 Å². The van der Waals surface area contributed by atoms with Crippen molar-refractivity contribution in [2.45, 2.75) is 25.9 Å². The van der Waals surface area contributed by atoms with Gasteiger partial charge < -0.3 is 4.74 Å². The predicted octanol–water partition coefficient (Wildman–Crippen LogP) is 4.06. The first-order valence-electron chi connectivity index (χ1n) is 9.75. The van der Waals surface area contributed by atoms with Crippen molar-refractivity contribution in [1.29, 1.82) is 0 Å². The van der Waals surface area contributed by atoms with Gasteiger partial charge in [0, 0.05) is 23.7 Å². The zero-order valence-electron chi connectivity index (χ0n) is 16.2. The number of hydrogen-bond donors (Lipinski definition) is 0. The number of fused-ring (bicyclic) bond motifs is 1. The molecule has 146 valence electrons. The molecule has 5 heteroatoms. The lowest BCUT2D eigenvalue weighted by Gasteiger charge is -2.30. The molecule has 0 radical (unpaired) electrons. The molecule has 1 amide bonds. The summed E-state index contributed by atoms with van der Waals surface area (Å²) in [6.07, 6.45) is 1.72. The molecule has 0 bridgehead atoms. The topological polar surface area (TPSA) is 59.5 Å². The van der Waals surface area contributed by atoms with Crippen LogP contribution >= 0.6 is 0 Å². The second kappa shape index (κ2) is 8.27. The summed E-state index contributed by atoms with van der Waals surface area (Å²) in [6, 6.07) is 21.2. The maximum absolute atomic E-state index is 13.3. The third kappa shape index (κ3) is 3.90. The maximum atomic E-state index is 13.3. The molecule has 4 rings (SSSR count). The molecule has 1 unspecified atom stereocenters. The Hall–Kier alpha value is -3.47. The Morgan fingerprint density at radius 1 is 1.07 bits per heavy atom. The Morgan fingerprint density at radius 2 is 1.83 bits per heavy atom. The van der Waals surface area contributed by atoms with Gasteiger partial charge in [-0.1, -0.05) is 61.5 Å². The molecule has 0 aliphatic carbocycles. The first-order valence-corrected chi connectivity index (χ1v) is 9.75. The largest absolute Gasteiger partial charge is 0.480 e. The van der Waals surface area contributed by atoms with Crippen LogP contribution < -0.4 is 9.64 Å². The van der Waals surface area contributed by atoms with Crippen molar-refractivity contribution in [3.63, 3.8) is 0 Å². The van der Waals surface area contributed by atoms with E-state index in [0.29, 0.717) is 24.4 Å². The zero-order chi connectivity index (χ0) is 20.2. The number of ether oxygens (including phenoxy) is 1. The van der Waals surface area contributed by atoms with E-state index in [0.717, 1.165) is 16.7 Å². The molecule has 0 fully saturated rings. The molecule has 1 atom stereocenters. The molecule has 1 aliphatic rings. The van der Waals surface area contributed by atoms with Gasteiger partial charge in [-0.15, -0.1) is 0 Å². The molecule has 2 heterocycles. The van der Waals surface area contributed by atoms with E-state index < -0.39 is 6.10 Å². The van der Waals surface area contributed by atoms with Gasteiger partial charge in [-0.2, -0.15) is 0 Å². The minimum Gasteiger partial charge on any atom is -0.480 e. The lowest BCUT2D eigenvalue weighted by atomic mass is 10.0. The fourth-order valence-electron chi connectivity index (χ4n) is 3.57. The lowest BCUT2D eigenvalue weighted by molar-refractivity contribution is -0.127. The monoisotopic (exact) mass is 386 g/mol. The first-order chi connectivity index (χ1) is 14.2. The van der Waals surface area contributed by atoms with Gasteiger partial charge in [0.15, 0.2) is 11.9 Å². The second-order valence-electron chi connectivity index (χ2n) is 7.00. The van der Waals surface area contributed by atoms with Gasteiger partial charge >= 0.3 is 0 Å². The molecular formula is C24H22N2O3. The lowest BCUT2D eigenvalue weighted by Crippen LogP contribution is -2.47. The molecule has 29 heavy (non-hydrogen) atoms. The van der Waals surface area contributed by atoms with Crippen molar-refractivity contribution in [1.82, 2.24) is 4.98 Å². The third-order valence-electron chi connectivity index (χ3n) is 5.00. The van der Waals surface area contributed by atoms with Crippen LogP contribution in [0.3, 0.4) is 0 Å². The molecule has 1 aliphatic heterocycles. The Labute approximate surface area is 170 Å². The van der Waals surface area contributed by atoms with Crippen LogP contribution in [0.25, 0.3) is 11.1 Å². The number of carbonyl (C=O) groups excluding carboxylic acids is 2. The van der Waals surface area contributed by atoms with E-state index in [1.165, 1.54) is 4.90 Å². The minimum absolute atomic E-state index is 0.00149. The molecule has 0 N–H and O–H groups in total. The van der Waals surface area contributed by atoms with E-state index >= 15 is 0 Å². The summed E-state index contributed by atoms with van der Waals surface area (Å²) in [7, 11) is 0. The van der Waals surface area contributed by atoms with E-state index in [9.17, 15) is 9.59 Å². The normalized spacial score (nSPS) is 14.2. The van der Waals surface area contributed by atoms with Gasteiger partial charge in [0.1, 0.15) is 11.6 Å². The van der Waals surface area contributed by atoms with E-state index in [1.807, 2.05) is 67.6 Å². The van der Waals surface area contributed by atoms with Crippen molar-refractivity contribution in [3.05, 3.63) is 78.5 Å². The van der Waals surface area contributed by atoms with Crippen LogP contribution in [0.4, 0.5) is 5.82 Å². The van der Waals surface area contributed by atoms with E-state index in [-0.39, 0.29) is 18.2 Å². The summed E-state index contributed by atoms with van der Waals surface area (Å²) in [6.45, 7) is 1.93. The van der Waals surface area contributed by atoms with Crippen LogP contribution in [0.2, 0.25) is 0 Å². The summed E-state index contributed by atoms with van der Waals surface area (Å²) >= 11 is 0. The van der Waals surface area contributed by atoms with Gasteiger partial charge in [0.2, 0.25) is 0 Å². The number of hydrogen-bond acceptors (Lipinski definition) is 4. The SMILES string of the molecule is CCC(Oc1ccccc1-c1ccccc1)C(=O)N1CC(=O)Cc2cccnc21. The number of pyridine rings is 1. The molecular weight excluding hydrogens is 364 g/mol. The van der Waals surface area contributed by atoms with Crippen molar-refractivity contribution in [2.24, 2.45) is 0 Å². The number of benzene rings is 2. The second-order valence-corrected chi connectivity index (χ2v) is 7.00. The highest BCUT2D eigenvalue weighted by atomic mass is 16.5. The molecule has 0 saturated heterocycles. The van der Waals surface area contributed by atoms with Crippen molar-refractivity contribution >= 4 is 17.5 Å². The third-order valence-corrected chi connectivity index (χ3v) is 5.00. The van der Waals surface area contributed by atoms with Crippen LogP contribution in [0.5, 0.6) is 5.75 Å². The predicted molar refractivity (Wildman–Crippen MR) is 112 cm³/mol. The Morgan fingerprint density at radius 3 is 2.62 bits per heavy atom. The van der Waals surface area contributed by atoms with Crippen LogP contribution in [0.15, 0.2) is 72.9 Å². The van der Waals surface area contributed by atoms with Crippen molar-refractivity contribution < 1.29 is 14.3 Å². The highest BCUT2D eigenvalue weighted by molar-refractivity contribution is 6.04. The zero-order valence-corrected chi connectivity index (χ0v) is 16.2. The average molecular weight is 386 g/mol. The van der Waals surface area contributed by atoms with Crippen molar-refractivity contribution in [3.8, 4) is 16.9 Å². The standard InChI is InChI=1S/C24H22N2O3/c1-2-21(24(28)26-16-19(27)15-18-11-8-14-25-23(18)26)29-22-13-7-6-12-20(22)17-9-4-3-5-10-17/h3-14,21H,2,15-16H2,1H3.